The molecule has 2 N–H and O–H groups in total. The number of carbonyl (C=O) groups excluding carboxylic acids is 2. The van der Waals surface area contributed by atoms with Crippen molar-refractivity contribution < 1.29 is 14.3 Å². The average molecular weight is 357 g/mol. The summed E-state index contributed by atoms with van der Waals surface area (Å²) in [4.78, 5) is 23.7. The minimum atomic E-state index is -0.473. The summed E-state index contributed by atoms with van der Waals surface area (Å²) in [5.41, 5.74) is 5.74. The number of amides is 2. The summed E-state index contributed by atoms with van der Waals surface area (Å²) >= 11 is 5.99. The van der Waals surface area contributed by atoms with Crippen LogP contribution in [-0.4, -0.2) is 18.4 Å². The van der Waals surface area contributed by atoms with Crippen LogP contribution in [-0.2, 0) is 4.79 Å². The third kappa shape index (κ3) is 5.82. The maximum absolute atomic E-state index is 12.0. The molecule has 5 nitrogen and oxygen atoms in total. The molecule has 128 valence electrons. The van der Waals surface area contributed by atoms with Crippen LogP contribution in [0.1, 0.15) is 15.9 Å². The van der Waals surface area contributed by atoms with Crippen LogP contribution in [0.5, 0.6) is 5.75 Å². The van der Waals surface area contributed by atoms with E-state index in [1.165, 1.54) is 6.08 Å². The smallest absolute Gasteiger partial charge is 0.269 e. The number of benzene rings is 2. The zero-order valence-corrected chi connectivity index (χ0v) is 14.1. The van der Waals surface area contributed by atoms with E-state index in [0.717, 1.165) is 0 Å². The molecule has 0 bridgehead atoms. The van der Waals surface area contributed by atoms with E-state index in [4.69, 9.17) is 16.3 Å². The fourth-order valence-electron chi connectivity index (χ4n) is 1.87. The zero-order chi connectivity index (χ0) is 18.1. The van der Waals surface area contributed by atoms with Crippen molar-refractivity contribution >= 4 is 29.5 Å². The van der Waals surface area contributed by atoms with Gasteiger partial charge in [-0.1, -0.05) is 42.5 Å². The van der Waals surface area contributed by atoms with Gasteiger partial charge in [0.15, 0.2) is 0 Å². The summed E-state index contributed by atoms with van der Waals surface area (Å²) in [6, 6.07) is 13.6. The van der Waals surface area contributed by atoms with E-state index in [9.17, 15) is 9.59 Å². The summed E-state index contributed by atoms with van der Waals surface area (Å²) in [5.74, 6) is -0.280. The van der Waals surface area contributed by atoms with Crippen molar-refractivity contribution in [3.05, 3.63) is 83.4 Å². The highest BCUT2D eigenvalue weighted by atomic mass is 35.5. The van der Waals surface area contributed by atoms with Crippen LogP contribution in [0.3, 0.4) is 0 Å². The second kappa shape index (κ2) is 9.30. The lowest BCUT2D eigenvalue weighted by Gasteiger charge is -2.07. The largest absolute Gasteiger partial charge is 0.490 e. The molecule has 25 heavy (non-hydrogen) atoms. The van der Waals surface area contributed by atoms with Gasteiger partial charge in [-0.25, -0.2) is 0 Å². The van der Waals surface area contributed by atoms with Gasteiger partial charge in [-0.3, -0.25) is 20.4 Å². The van der Waals surface area contributed by atoms with E-state index in [-0.39, 0.29) is 0 Å². The van der Waals surface area contributed by atoms with Gasteiger partial charge in [0.2, 0.25) is 0 Å². The molecule has 0 aliphatic rings. The summed E-state index contributed by atoms with van der Waals surface area (Å²) in [6.07, 6.45) is 4.48. The summed E-state index contributed by atoms with van der Waals surface area (Å²) < 4.78 is 5.33. The molecule has 2 aromatic carbocycles. The second-order valence-corrected chi connectivity index (χ2v) is 5.33. The molecule has 0 aliphatic carbocycles. The molecule has 2 aromatic rings. The van der Waals surface area contributed by atoms with E-state index in [1.54, 1.807) is 54.6 Å². The van der Waals surface area contributed by atoms with Crippen LogP contribution in [0.2, 0.25) is 5.02 Å². The predicted octanol–water partition coefficient (Wildman–Crippen LogP) is 3.38. The fraction of sp³-hybridized carbons (Fsp3) is 0.0526. The minimum Gasteiger partial charge on any atom is -0.490 e. The van der Waals surface area contributed by atoms with Gasteiger partial charge in [-0.2, -0.15) is 0 Å². The first-order valence-corrected chi connectivity index (χ1v) is 7.84. The van der Waals surface area contributed by atoms with Crippen LogP contribution in [0.15, 0.2) is 67.3 Å². The minimum absolute atomic E-state index is 0.388. The molecule has 0 atom stereocenters. The molecule has 0 fully saturated rings. The van der Waals surface area contributed by atoms with E-state index in [1.807, 2.05) is 6.07 Å². The SMILES string of the molecule is C=CCOc1ccc(C(=O)NNC(=O)/C=C/c2ccccc2Cl)cc1. The Labute approximate surface area is 150 Å². The first-order valence-electron chi connectivity index (χ1n) is 7.47. The monoisotopic (exact) mass is 356 g/mol. The van der Waals surface area contributed by atoms with Crippen molar-refractivity contribution in [2.45, 2.75) is 0 Å². The first-order chi connectivity index (χ1) is 12.1. The van der Waals surface area contributed by atoms with Gasteiger partial charge in [0.05, 0.1) is 0 Å². The second-order valence-electron chi connectivity index (χ2n) is 4.92. The fourth-order valence-corrected chi connectivity index (χ4v) is 2.06. The number of ether oxygens (including phenoxy) is 1. The van der Waals surface area contributed by atoms with Gasteiger partial charge in [0.25, 0.3) is 11.8 Å². The van der Waals surface area contributed by atoms with Crippen LogP contribution >= 0.6 is 11.6 Å². The average Bonchev–Trinajstić information content (AvgIpc) is 2.64. The highest BCUT2D eigenvalue weighted by Gasteiger charge is 2.06. The number of hydrazine groups is 1. The van der Waals surface area contributed by atoms with Gasteiger partial charge in [-0.05, 0) is 42.0 Å². The lowest BCUT2D eigenvalue weighted by atomic mass is 10.2. The van der Waals surface area contributed by atoms with E-state index >= 15 is 0 Å². The quantitative estimate of drug-likeness (QED) is 0.473. The molecular weight excluding hydrogens is 340 g/mol. The standard InChI is InChI=1S/C19H17ClN2O3/c1-2-13-25-16-10-7-15(8-11-16)19(24)22-21-18(23)12-9-14-5-3-4-6-17(14)20/h2-12H,1,13H2,(H,21,23)(H,22,24)/b12-9+. The molecule has 0 saturated heterocycles. The van der Waals surface area contributed by atoms with Gasteiger partial charge < -0.3 is 4.74 Å². The maximum atomic E-state index is 12.0. The number of rotatable bonds is 6. The van der Waals surface area contributed by atoms with Gasteiger partial charge in [0, 0.05) is 16.7 Å². The molecule has 6 heteroatoms. The highest BCUT2D eigenvalue weighted by Crippen LogP contribution is 2.16. The number of hydrogen-bond donors (Lipinski definition) is 2. The Kier molecular flexibility index (Phi) is 6.80. The molecule has 0 aromatic heterocycles. The van der Waals surface area contributed by atoms with Crippen molar-refractivity contribution in [2.75, 3.05) is 6.61 Å². The Morgan fingerprint density at radius 1 is 1.08 bits per heavy atom. The first kappa shape index (κ1) is 18.3. The van der Waals surface area contributed by atoms with E-state index in [0.29, 0.717) is 28.5 Å². The lowest BCUT2D eigenvalue weighted by molar-refractivity contribution is -0.117. The number of halogens is 1. The summed E-state index contributed by atoms with van der Waals surface area (Å²) in [6.45, 7) is 3.95. The van der Waals surface area contributed by atoms with Crippen LogP contribution in [0.25, 0.3) is 6.08 Å². The molecule has 0 aliphatic heterocycles. The Morgan fingerprint density at radius 2 is 1.80 bits per heavy atom. The third-order valence-corrected chi connectivity index (χ3v) is 3.45. The van der Waals surface area contributed by atoms with Crippen LogP contribution < -0.4 is 15.6 Å². The molecule has 2 rings (SSSR count). The van der Waals surface area contributed by atoms with Crippen molar-refractivity contribution in [1.29, 1.82) is 0 Å². The predicted molar refractivity (Wildman–Crippen MR) is 98.2 cm³/mol. The Morgan fingerprint density at radius 3 is 2.48 bits per heavy atom. The van der Waals surface area contributed by atoms with Crippen molar-refractivity contribution in [1.82, 2.24) is 10.9 Å². The topological polar surface area (TPSA) is 67.4 Å². The number of hydrogen-bond acceptors (Lipinski definition) is 3. The number of nitrogens with one attached hydrogen (secondary N) is 2. The normalized spacial score (nSPS) is 10.3. The van der Waals surface area contributed by atoms with Crippen molar-refractivity contribution in [2.24, 2.45) is 0 Å². The highest BCUT2D eigenvalue weighted by molar-refractivity contribution is 6.32. The Balaban J connectivity index is 1.85. The van der Waals surface area contributed by atoms with E-state index in [2.05, 4.69) is 17.4 Å². The molecule has 0 spiro atoms. The molecule has 0 saturated carbocycles. The summed E-state index contributed by atoms with van der Waals surface area (Å²) in [5, 5.41) is 0.536. The van der Waals surface area contributed by atoms with Gasteiger partial charge in [0.1, 0.15) is 12.4 Å². The van der Waals surface area contributed by atoms with Crippen LogP contribution in [0.4, 0.5) is 0 Å². The maximum Gasteiger partial charge on any atom is 0.269 e. The zero-order valence-electron chi connectivity index (χ0n) is 13.4. The van der Waals surface area contributed by atoms with Crippen molar-refractivity contribution in [3.8, 4) is 5.75 Å². The number of carbonyl (C=O) groups is 2. The summed E-state index contributed by atoms with van der Waals surface area (Å²) in [7, 11) is 0. The Bertz CT molecular complexity index is 786. The van der Waals surface area contributed by atoms with Crippen LogP contribution in [0, 0.1) is 0 Å². The molecule has 0 radical (unpaired) electrons. The van der Waals surface area contributed by atoms with E-state index < -0.39 is 11.8 Å². The lowest BCUT2D eigenvalue weighted by Crippen LogP contribution is -2.40. The molecule has 0 unspecified atom stereocenters. The molecular formula is C19H17ClN2O3. The molecule has 2 amide bonds. The third-order valence-electron chi connectivity index (χ3n) is 3.10. The van der Waals surface area contributed by atoms with Gasteiger partial charge in [-0.15, -0.1) is 0 Å². The Hall–Kier alpha value is -3.05. The van der Waals surface area contributed by atoms with Gasteiger partial charge >= 0.3 is 0 Å². The van der Waals surface area contributed by atoms with Crippen molar-refractivity contribution in [3.63, 3.8) is 0 Å². The molecule has 0 heterocycles.